The zero-order valence-corrected chi connectivity index (χ0v) is 16.7. The minimum atomic E-state index is -0.245. The van der Waals surface area contributed by atoms with Crippen molar-refractivity contribution >= 4 is 35.1 Å². The van der Waals surface area contributed by atoms with Crippen LogP contribution in [0.25, 0.3) is 0 Å². The van der Waals surface area contributed by atoms with E-state index in [4.69, 9.17) is 11.6 Å². The zero-order chi connectivity index (χ0) is 20.1. The van der Waals surface area contributed by atoms with Gasteiger partial charge in [-0.05, 0) is 51.0 Å². The summed E-state index contributed by atoms with van der Waals surface area (Å²) in [5.74, 6) is 0.0173. The van der Waals surface area contributed by atoms with E-state index >= 15 is 0 Å². The first kappa shape index (κ1) is 20.1. The van der Waals surface area contributed by atoms with Crippen molar-refractivity contribution in [2.45, 2.75) is 32.7 Å². The molecule has 1 aliphatic heterocycles. The highest BCUT2D eigenvalue weighted by Crippen LogP contribution is 2.25. The third-order valence-corrected chi connectivity index (χ3v) is 4.77. The lowest BCUT2D eigenvalue weighted by atomic mass is 9.97. The molecule has 0 radical (unpaired) electrons. The predicted molar refractivity (Wildman–Crippen MR) is 110 cm³/mol. The average Bonchev–Trinajstić information content (AvgIpc) is 2.68. The predicted octanol–water partition coefficient (Wildman–Crippen LogP) is 3.12. The van der Waals surface area contributed by atoms with Gasteiger partial charge in [-0.3, -0.25) is 9.59 Å². The summed E-state index contributed by atoms with van der Waals surface area (Å²) < 4.78 is 0. The van der Waals surface area contributed by atoms with Crippen LogP contribution in [0.4, 0.5) is 11.6 Å². The number of amides is 2. The van der Waals surface area contributed by atoms with Gasteiger partial charge in [-0.2, -0.15) is 0 Å². The second kappa shape index (κ2) is 9.01. The van der Waals surface area contributed by atoms with Gasteiger partial charge in [0.2, 0.25) is 11.9 Å². The van der Waals surface area contributed by atoms with Crippen LogP contribution in [0.3, 0.4) is 0 Å². The Kier molecular flexibility index (Phi) is 6.46. The smallest absolute Gasteiger partial charge is 0.253 e. The summed E-state index contributed by atoms with van der Waals surface area (Å²) in [5.41, 5.74) is 0.814. The third-order valence-electron chi connectivity index (χ3n) is 4.53. The van der Waals surface area contributed by atoms with Crippen molar-refractivity contribution in [2.24, 2.45) is 5.92 Å². The zero-order valence-electron chi connectivity index (χ0n) is 16.0. The fraction of sp³-hybridized carbons (Fsp3) is 0.400. The number of nitrogens with zero attached hydrogens (tertiary/aromatic N) is 3. The molecule has 1 saturated heterocycles. The van der Waals surface area contributed by atoms with Crippen molar-refractivity contribution in [1.29, 1.82) is 0 Å². The summed E-state index contributed by atoms with van der Waals surface area (Å²) in [4.78, 5) is 35.9. The molecular weight excluding hydrogens is 378 g/mol. The molecule has 0 spiro atoms. The van der Waals surface area contributed by atoms with Crippen molar-refractivity contribution in [2.75, 3.05) is 23.3 Å². The number of hydrogen-bond donors (Lipinski definition) is 2. The maximum atomic E-state index is 12.9. The van der Waals surface area contributed by atoms with Gasteiger partial charge >= 0.3 is 0 Å². The highest BCUT2D eigenvalue weighted by atomic mass is 35.5. The Morgan fingerprint density at radius 1 is 1.25 bits per heavy atom. The van der Waals surface area contributed by atoms with Crippen molar-refractivity contribution in [3.8, 4) is 0 Å². The molecule has 1 atom stereocenters. The fourth-order valence-electron chi connectivity index (χ4n) is 3.22. The molecule has 1 unspecified atom stereocenters. The molecule has 7 nitrogen and oxygen atoms in total. The van der Waals surface area contributed by atoms with E-state index in [-0.39, 0.29) is 23.8 Å². The Hall–Kier alpha value is -2.67. The average molecular weight is 402 g/mol. The minimum Gasteiger partial charge on any atom is -0.350 e. The molecule has 28 heavy (non-hydrogen) atoms. The SMILES string of the molecule is CC(C)NC(=O)c1ccc(Cl)cc1NC(=O)C1CCCN(c2ncccn2)C1. The van der Waals surface area contributed by atoms with Crippen LogP contribution in [0.1, 0.15) is 37.0 Å². The molecule has 1 aliphatic rings. The van der Waals surface area contributed by atoms with E-state index in [1.807, 2.05) is 18.7 Å². The minimum absolute atomic E-state index is 0.00972. The Morgan fingerprint density at radius 3 is 2.71 bits per heavy atom. The van der Waals surface area contributed by atoms with Gasteiger partial charge < -0.3 is 15.5 Å². The van der Waals surface area contributed by atoms with Gasteiger partial charge in [-0.25, -0.2) is 9.97 Å². The molecule has 0 aliphatic carbocycles. The number of rotatable bonds is 5. The molecule has 1 aromatic carbocycles. The number of carbonyl (C=O) groups excluding carboxylic acids is 2. The highest BCUT2D eigenvalue weighted by molar-refractivity contribution is 6.31. The maximum absolute atomic E-state index is 12.9. The first-order chi connectivity index (χ1) is 13.4. The molecule has 0 bridgehead atoms. The summed E-state index contributed by atoms with van der Waals surface area (Å²) in [6, 6.07) is 6.63. The standard InChI is InChI=1S/C20H24ClN5O2/c1-13(2)24-19(28)16-7-6-15(21)11-17(16)25-18(27)14-5-3-10-26(12-14)20-22-8-4-9-23-20/h4,6-9,11,13-14H,3,5,10,12H2,1-2H3,(H,24,28)(H,25,27). The summed E-state index contributed by atoms with van der Waals surface area (Å²) in [5, 5.41) is 6.20. The number of aromatic nitrogens is 2. The van der Waals surface area contributed by atoms with Crippen molar-refractivity contribution in [3.05, 3.63) is 47.2 Å². The van der Waals surface area contributed by atoms with Crippen LogP contribution >= 0.6 is 11.6 Å². The number of piperidine rings is 1. The van der Waals surface area contributed by atoms with Gasteiger partial charge in [0.1, 0.15) is 0 Å². The molecule has 2 N–H and O–H groups in total. The molecular formula is C20H24ClN5O2. The van der Waals surface area contributed by atoms with Crippen molar-refractivity contribution in [3.63, 3.8) is 0 Å². The van der Waals surface area contributed by atoms with Crippen LogP contribution in [-0.4, -0.2) is 40.9 Å². The molecule has 0 saturated carbocycles. The van der Waals surface area contributed by atoms with Crippen molar-refractivity contribution < 1.29 is 9.59 Å². The normalized spacial score (nSPS) is 16.7. The van der Waals surface area contributed by atoms with E-state index in [9.17, 15) is 9.59 Å². The molecule has 2 heterocycles. The number of nitrogens with one attached hydrogen (secondary N) is 2. The van der Waals surface area contributed by atoms with E-state index in [2.05, 4.69) is 20.6 Å². The molecule has 2 amide bonds. The molecule has 1 aromatic heterocycles. The van der Waals surface area contributed by atoms with Crippen molar-refractivity contribution in [1.82, 2.24) is 15.3 Å². The second-order valence-corrected chi connectivity index (χ2v) is 7.58. The van der Waals surface area contributed by atoms with E-state index in [0.29, 0.717) is 28.8 Å². The fourth-order valence-corrected chi connectivity index (χ4v) is 3.39. The van der Waals surface area contributed by atoms with Gasteiger partial charge in [-0.15, -0.1) is 0 Å². The Morgan fingerprint density at radius 2 is 2.00 bits per heavy atom. The number of benzene rings is 1. The topological polar surface area (TPSA) is 87.2 Å². The van der Waals surface area contributed by atoms with E-state index in [1.54, 1.807) is 36.7 Å². The molecule has 8 heteroatoms. The summed E-state index contributed by atoms with van der Waals surface area (Å²) in [6.45, 7) is 5.11. The lowest BCUT2D eigenvalue weighted by Crippen LogP contribution is -2.41. The van der Waals surface area contributed by atoms with Crippen LogP contribution in [0.2, 0.25) is 5.02 Å². The lowest BCUT2D eigenvalue weighted by molar-refractivity contribution is -0.120. The first-order valence-corrected chi connectivity index (χ1v) is 9.75. The van der Waals surface area contributed by atoms with Gasteiger partial charge in [0.25, 0.3) is 5.91 Å². The monoisotopic (exact) mass is 401 g/mol. The maximum Gasteiger partial charge on any atom is 0.253 e. The summed E-state index contributed by atoms with van der Waals surface area (Å²) in [7, 11) is 0. The largest absolute Gasteiger partial charge is 0.350 e. The number of carbonyl (C=O) groups is 2. The van der Waals surface area contributed by atoms with Gasteiger partial charge in [0.05, 0.1) is 17.2 Å². The Bertz CT molecular complexity index is 844. The molecule has 2 aromatic rings. The third kappa shape index (κ3) is 4.98. The van der Waals surface area contributed by atoms with Gasteiger partial charge in [0.15, 0.2) is 0 Å². The number of halogens is 1. The van der Waals surface area contributed by atoms with Gasteiger partial charge in [0, 0.05) is 36.5 Å². The summed E-state index contributed by atoms with van der Waals surface area (Å²) in [6.07, 6.45) is 5.02. The number of anilines is 2. The molecule has 3 rings (SSSR count). The Labute approximate surface area is 169 Å². The van der Waals surface area contributed by atoms with Crippen LogP contribution in [0.5, 0.6) is 0 Å². The summed E-state index contributed by atoms with van der Waals surface area (Å²) >= 11 is 6.09. The van der Waals surface area contributed by atoms with E-state index in [1.165, 1.54) is 0 Å². The molecule has 148 valence electrons. The number of hydrogen-bond acceptors (Lipinski definition) is 5. The van der Waals surface area contributed by atoms with Crippen LogP contribution in [-0.2, 0) is 4.79 Å². The van der Waals surface area contributed by atoms with Gasteiger partial charge in [-0.1, -0.05) is 11.6 Å². The molecule has 1 fully saturated rings. The lowest BCUT2D eigenvalue weighted by Gasteiger charge is -2.32. The highest BCUT2D eigenvalue weighted by Gasteiger charge is 2.28. The van der Waals surface area contributed by atoms with Crippen LogP contribution < -0.4 is 15.5 Å². The first-order valence-electron chi connectivity index (χ1n) is 9.37. The van der Waals surface area contributed by atoms with Crippen LogP contribution in [0, 0.1) is 5.92 Å². The second-order valence-electron chi connectivity index (χ2n) is 7.14. The van der Waals surface area contributed by atoms with E-state index in [0.717, 1.165) is 19.4 Å². The Balaban J connectivity index is 1.73. The van der Waals surface area contributed by atoms with Crippen LogP contribution in [0.15, 0.2) is 36.7 Å². The van der Waals surface area contributed by atoms with E-state index < -0.39 is 0 Å². The quantitative estimate of drug-likeness (QED) is 0.803.